The van der Waals surface area contributed by atoms with E-state index in [2.05, 4.69) is 235 Å². The highest BCUT2D eigenvalue weighted by molar-refractivity contribution is 6.17. The van der Waals surface area contributed by atoms with Crippen molar-refractivity contribution in [2.45, 2.75) is 18.3 Å². The molecule has 0 fully saturated rings. The van der Waals surface area contributed by atoms with Crippen LogP contribution < -0.4 is 9.64 Å². The Hall–Kier alpha value is -7.62. The largest absolute Gasteiger partial charge is 0.457 e. The molecule has 2 heterocycles. The highest BCUT2D eigenvalue weighted by Gasteiger charge is 2.44. The number of hydrogen-bond acceptors (Lipinski definition) is 2. The number of fused-ring (bicyclic) bond motifs is 9. The summed E-state index contributed by atoms with van der Waals surface area (Å²) in [6.45, 7) is 4.67. The predicted molar refractivity (Wildman–Crippen MR) is 252 cm³/mol. The van der Waals surface area contributed by atoms with Gasteiger partial charge >= 0.3 is 0 Å². The Kier molecular flexibility index (Phi) is 8.67. The molecule has 286 valence electrons. The SMILES string of the molecule is C=C1/C=C\C=C/CC2(c3ccccc3Oc3ccccc32)c2cc(N(c3cccc(-c4ccccc4)c3)c3cccc4c3c3ccccc3n4C3=CC=CC=CC3)ccc21. The zero-order valence-electron chi connectivity index (χ0n) is 33.2. The average Bonchev–Trinajstić information content (AvgIpc) is 3.44. The zero-order valence-corrected chi connectivity index (χ0v) is 33.2. The predicted octanol–water partition coefficient (Wildman–Crippen LogP) is 15.3. The van der Waals surface area contributed by atoms with Gasteiger partial charge in [-0.1, -0.05) is 164 Å². The molecule has 8 aromatic rings. The molecule has 60 heavy (non-hydrogen) atoms. The van der Waals surface area contributed by atoms with E-state index in [-0.39, 0.29) is 0 Å². The Balaban J connectivity index is 1.23. The molecule has 0 atom stereocenters. The van der Waals surface area contributed by atoms with Crippen molar-refractivity contribution in [2.75, 3.05) is 4.90 Å². The Labute approximate surface area is 351 Å². The fourth-order valence-corrected chi connectivity index (χ4v) is 9.70. The van der Waals surface area contributed by atoms with Gasteiger partial charge in [0.2, 0.25) is 0 Å². The second kappa shape index (κ2) is 14.6. The Morgan fingerprint density at radius 2 is 1.25 bits per heavy atom. The maximum Gasteiger partial charge on any atom is 0.131 e. The molecule has 0 N–H and O–H groups in total. The molecule has 1 aliphatic heterocycles. The number of nitrogens with zero attached hydrogens (tertiary/aromatic N) is 2. The van der Waals surface area contributed by atoms with Crippen LogP contribution in [0.3, 0.4) is 0 Å². The van der Waals surface area contributed by atoms with Gasteiger partial charge in [-0.2, -0.15) is 0 Å². The van der Waals surface area contributed by atoms with Gasteiger partial charge < -0.3 is 14.2 Å². The van der Waals surface area contributed by atoms with Crippen molar-refractivity contribution in [3.8, 4) is 22.6 Å². The minimum atomic E-state index is -0.575. The minimum absolute atomic E-state index is 0.575. The molecule has 0 unspecified atom stereocenters. The van der Waals surface area contributed by atoms with E-state index in [1.807, 2.05) is 0 Å². The van der Waals surface area contributed by atoms with Crippen LogP contribution in [-0.2, 0) is 5.41 Å². The number of hydrogen-bond donors (Lipinski definition) is 0. The van der Waals surface area contributed by atoms with Crippen molar-refractivity contribution < 1.29 is 4.74 Å². The van der Waals surface area contributed by atoms with Gasteiger partial charge in [0.25, 0.3) is 0 Å². The maximum atomic E-state index is 6.68. The molecule has 3 nitrogen and oxygen atoms in total. The summed E-state index contributed by atoms with van der Waals surface area (Å²) in [4.78, 5) is 2.47. The zero-order chi connectivity index (χ0) is 40.0. The Bertz CT molecular complexity index is 3110. The minimum Gasteiger partial charge on any atom is -0.457 e. The summed E-state index contributed by atoms with van der Waals surface area (Å²) >= 11 is 0. The highest BCUT2D eigenvalue weighted by Crippen LogP contribution is 2.56. The van der Waals surface area contributed by atoms with E-state index in [1.54, 1.807) is 0 Å². The van der Waals surface area contributed by atoms with E-state index in [9.17, 15) is 0 Å². The standard InChI is InChI=1S/C57H42N2O/c1-40-20-6-5-17-37-57(48-28-12-15-33-54(48)60-55-34-16-13-29-49(55)57)50-39-45(35-36-46(40)50)58(44-26-18-23-42(38-44)41-21-7-4-8-22-41)52-31-19-32-53-56(52)47-27-11-14-30-51(47)59(53)43-24-9-2-3-10-25-43/h2-24,26-36,38-39H,1,25,37H2/b17-5-,20-6-. The van der Waals surface area contributed by atoms with Crippen LogP contribution in [-0.4, -0.2) is 4.57 Å². The lowest BCUT2D eigenvalue weighted by Crippen LogP contribution is -2.33. The monoisotopic (exact) mass is 770 g/mol. The number of rotatable bonds is 5. The molecule has 11 rings (SSSR count). The molecule has 1 aromatic heterocycles. The van der Waals surface area contributed by atoms with Crippen LogP contribution in [0.4, 0.5) is 17.1 Å². The van der Waals surface area contributed by atoms with Gasteiger partial charge in [-0.3, -0.25) is 0 Å². The summed E-state index contributed by atoms with van der Waals surface area (Å²) in [6, 6.07) is 59.4. The highest BCUT2D eigenvalue weighted by atomic mass is 16.5. The molecule has 3 aliphatic rings. The number of ether oxygens (including phenoxy) is 1. The molecule has 0 saturated carbocycles. The van der Waals surface area contributed by atoms with Crippen LogP contribution in [0.1, 0.15) is 35.1 Å². The first kappa shape index (κ1) is 35.5. The third-order valence-corrected chi connectivity index (χ3v) is 12.3. The normalized spacial score (nSPS) is 16.1. The lowest BCUT2D eigenvalue weighted by molar-refractivity contribution is 0.417. The molecular weight excluding hydrogens is 729 g/mol. The van der Waals surface area contributed by atoms with E-state index >= 15 is 0 Å². The summed E-state index contributed by atoms with van der Waals surface area (Å²) in [5.41, 5.74) is 14.1. The van der Waals surface area contributed by atoms with Crippen molar-refractivity contribution in [3.63, 3.8) is 0 Å². The Morgan fingerprint density at radius 1 is 0.550 bits per heavy atom. The van der Waals surface area contributed by atoms with E-state index in [4.69, 9.17) is 4.74 Å². The first-order chi connectivity index (χ1) is 29.7. The smallest absolute Gasteiger partial charge is 0.131 e. The molecule has 0 bridgehead atoms. The third-order valence-electron chi connectivity index (χ3n) is 12.3. The van der Waals surface area contributed by atoms with Crippen LogP contribution in [0, 0.1) is 0 Å². The summed E-state index contributed by atoms with van der Waals surface area (Å²) in [6.07, 6.45) is 21.2. The Morgan fingerprint density at radius 3 is 2.10 bits per heavy atom. The number of anilines is 3. The first-order valence-corrected chi connectivity index (χ1v) is 20.7. The van der Waals surface area contributed by atoms with Gasteiger partial charge in [0, 0.05) is 45.4 Å². The van der Waals surface area contributed by atoms with Crippen LogP contribution in [0.5, 0.6) is 11.5 Å². The number of allylic oxidation sites excluding steroid dienone is 11. The van der Waals surface area contributed by atoms with Gasteiger partial charge in [0.15, 0.2) is 0 Å². The summed E-state index contributed by atoms with van der Waals surface area (Å²) in [5, 5.41) is 2.41. The maximum absolute atomic E-state index is 6.68. The van der Waals surface area contributed by atoms with E-state index in [1.165, 1.54) is 38.6 Å². The lowest BCUT2D eigenvalue weighted by atomic mass is 9.64. The van der Waals surface area contributed by atoms with E-state index in [0.29, 0.717) is 0 Å². The van der Waals surface area contributed by atoms with Crippen molar-refractivity contribution >= 4 is 50.1 Å². The van der Waals surface area contributed by atoms with Gasteiger partial charge in [-0.15, -0.1) is 0 Å². The number of benzene rings is 7. The van der Waals surface area contributed by atoms with Crippen LogP contribution in [0.15, 0.2) is 225 Å². The van der Waals surface area contributed by atoms with E-state index < -0.39 is 5.41 Å². The summed E-state index contributed by atoms with van der Waals surface area (Å²) in [7, 11) is 0. The fraction of sp³-hybridized carbons (Fsp3) is 0.0526. The van der Waals surface area contributed by atoms with Gasteiger partial charge in [-0.25, -0.2) is 0 Å². The molecule has 2 aliphatic carbocycles. The molecule has 3 heteroatoms. The average molecular weight is 771 g/mol. The van der Waals surface area contributed by atoms with Gasteiger partial charge in [0.05, 0.1) is 22.1 Å². The second-order valence-electron chi connectivity index (χ2n) is 15.7. The van der Waals surface area contributed by atoms with Crippen molar-refractivity contribution in [3.05, 3.63) is 247 Å². The quantitative estimate of drug-likeness (QED) is 0.173. The van der Waals surface area contributed by atoms with Gasteiger partial charge in [-0.05, 0) is 94.9 Å². The molecular formula is C57H42N2O. The van der Waals surface area contributed by atoms with E-state index in [0.717, 1.165) is 69.2 Å². The van der Waals surface area contributed by atoms with Gasteiger partial charge in [0.1, 0.15) is 11.5 Å². The number of para-hydroxylation sites is 3. The molecule has 1 spiro atoms. The lowest BCUT2D eigenvalue weighted by Gasteiger charge is -2.42. The van der Waals surface area contributed by atoms with Crippen molar-refractivity contribution in [1.82, 2.24) is 4.57 Å². The molecule has 0 saturated heterocycles. The summed E-state index contributed by atoms with van der Waals surface area (Å²) in [5.74, 6) is 1.75. The first-order valence-electron chi connectivity index (χ1n) is 20.7. The topological polar surface area (TPSA) is 17.4 Å². The summed E-state index contributed by atoms with van der Waals surface area (Å²) < 4.78 is 9.13. The van der Waals surface area contributed by atoms with Crippen LogP contribution in [0.25, 0.3) is 44.2 Å². The molecule has 0 amide bonds. The molecule has 7 aromatic carbocycles. The van der Waals surface area contributed by atoms with Crippen LogP contribution in [0.2, 0.25) is 0 Å². The number of aromatic nitrogens is 1. The fourth-order valence-electron chi connectivity index (χ4n) is 9.70. The van der Waals surface area contributed by atoms with Crippen molar-refractivity contribution in [2.24, 2.45) is 0 Å². The molecule has 0 radical (unpaired) electrons. The van der Waals surface area contributed by atoms with Crippen LogP contribution >= 0.6 is 0 Å². The third kappa shape index (κ3) is 5.73. The van der Waals surface area contributed by atoms with Crippen molar-refractivity contribution in [1.29, 1.82) is 0 Å². The second-order valence-corrected chi connectivity index (χ2v) is 15.7.